The molecule has 0 aromatic heterocycles. The highest BCUT2D eigenvalue weighted by atomic mass is 32.2. The van der Waals surface area contributed by atoms with Crippen LogP contribution in [0.3, 0.4) is 0 Å². The zero-order valence-corrected chi connectivity index (χ0v) is 12.9. The van der Waals surface area contributed by atoms with Crippen LogP contribution < -0.4 is 15.4 Å². The number of rotatable bonds is 8. The van der Waals surface area contributed by atoms with E-state index in [1.54, 1.807) is 12.1 Å². The van der Waals surface area contributed by atoms with Gasteiger partial charge in [-0.15, -0.1) is 0 Å². The zero-order chi connectivity index (χ0) is 15.3. The average Bonchev–Trinajstić information content (AvgIpc) is 3.22. The van der Waals surface area contributed by atoms with Crippen LogP contribution in [-0.2, 0) is 14.8 Å². The fourth-order valence-electron chi connectivity index (χ4n) is 1.89. The van der Waals surface area contributed by atoms with Gasteiger partial charge in [0, 0.05) is 25.2 Å². The van der Waals surface area contributed by atoms with Crippen molar-refractivity contribution >= 4 is 21.6 Å². The summed E-state index contributed by atoms with van der Waals surface area (Å²) in [4.78, 5) is 11.1. The van der Waals surface area contributed by atoms with Gasteiger partial charge in [0.05, 0.1) is 4.90 Å². The second-order valence-corrected chi connectivity index (χ2v) is 6.95. The molecule has 1 amide bonds. The molecule has 7 heteroatoms. The molecule has 0 radical (unpaired) electrons. The predicted octanol–water partition coefficient (Wildman–Crippen LogP) is 1.07. The molecule has 0 saturated heterocycles. The van der Waals surface area contributed by atoms with Gasteiger partial charge >= 0.3 is 0 Å². The Morgan fingerprint density at radius 1 is 1.19 bits per heavy atom. The first-order valence-corrected chi connectivity index (χ1v) is 8.56. The van der Waals surface area contributed by atoms with E-state index in [2.05, 4.69) is 15.4 Å². The van der Waals surface area contributed by atoms with Crippen LogP contribution in [-0.4, -0.2) is 33.5 Å². The number of carbonyl (C=O) groups is 1. The molecule has 0 aliphatic heterocycles. The van der Waals surface area contributed by atoms with E-state index in [1.807, 2.05) is 0 Å². The molecule has 3 N–H and O–H groups in total. The van der Waals surface area contributed by atoms with Gasteiger partial charge < -0.3 is 10.6 Å². The van der Waals surface area contributed by atoms with E-state index in [4.69, 9.17) is 0 Å². The van der Waals surface area contributed by atoms with Crippen LogP contribution in [0.2, 0.25) is 0 Å². The molecular formula is C14H21N3O3S. The van der Waals surface area contributed by atoms with Crippen molar-refractivity contribution in [1.82, 2.24) is 10.0 Å². The molecule has 0 bridgehead atoms. The molecule has 0 spiro atoms. The summed E-state index contributed by atoms with van der Waals surface area (Å²) in [6, 6.07) is 6.75. The van der Waals surface area contributed by atoms with Gasteiger partial charge in [-0.2, -0.15) is 0 Å². The van der Waals surface area contributed by atoms with Crippen LogP contribution in [0.25, 0.3) is 0 Å². The van der Waals surface area contributed by atoms with Gasteiger partial charge in [0.15, 0.2) is 0 Å². The second-order valence-electron chi connectivity index (χ2n) is 5.19. The lowest BCUT2D eigenvalue weighted by molar-refractivity contribution is -0.114. The van der Waals surface area contributed by atoms with Crippen molar-refractivity contribution in [2.45, 2.75) is 37.1 Å². The quantitative estimate of drug-likeness (QED) is 0.627. The van der Waals surface area contributed by atoms with Crippen LogP contribution >= 0.6 is 0 Å². The molecule has 116 valence electrons. The fourth-order valence-corrected chi connectivity index (χ4v) is 2.97. The first-order valence-electron chi connectivity index (χ1n) is 7.08. The molecule has 0 atom stereocenters. The van der Waals surface area contributed by atoms with Crippen molar-refractivity contribution in [3.05, 3.63) is 24.3 Å². The third kappa shape index (κ3) is 5.45. The maximum absolute atomic E-state index is 12.1. The highest BCUT2D eigenvalue weighted by Crippen LogP contribution is 2.18. The monoisotopic (exact) mass is 311 g/mol. The minimum atomic E-state index is -3.48. The SMILES string of the molecule is CC(=O)Nc1ccc(S(=O)(=O)NCCCNC2CC2)cc1. The van der Waals surface area contributed by atoms with E-state index in [-0.39, 0.29) is 10.8 Å². The summed E-state index contributed by atoms with van der Waals surface area (Å²) >= 11 is 0. The second kappa shape index (κ2) is 7.02. The molecule has 0 unspecified atom stereocenters. The Bertz CT molecular complexity index is 580. The van der Waals surface area contributed by atoms with Crippen LogP contribution in [0.5, 0.6) is 0 Å². The Balaban J connectivity index is 1.81. The summed E-state index contributed by atoms with van der Waals surface area (Å²) in [5, 5.41) is 5.93. The van der Waals surface area contributed by atoms with Gasteiger partial charge in [0.25, 0.3) is 0 Å². The predicted molar refractivity (Wildman–Crippen MR) is 81.6 cm³/mol. The average molecular weight is 311 g/mol. The molecule has 0 heterocycles. The van der Waals surface area contributed by atoms with E-state index < -0.39 is 10.0 Å². The molecule has 1 aromatic rings. The first-order chi connectivity index (χ1) is 9.97. The number of nitrogens with one attached hydrogen (secondary N) is 3. The van der Waals surface area contributed by atoms with Gasteiger partial charge in [-0.25, -0.2) is 13.1 Å². The van der Waals surface area contributed by atoms with Crippen molar-refractivity contribution in [3.8, 4) is 0 Å². The Hall–Kier alpha value is -1.44. The van der Waals surface area contributed by atoms with E-state index in [0.717, 1.165) is 13.0 Å². The summed E-state index contributed by atoms with van der Waals surface area (Å²) in [5.41, 5.74) is 0.579. The molecule has 6 nitrogen and oxygen atoms in total. The first kappa shape index (κ1) is 15.9. The normalized spacial score (nSPS) is 14.9. The highest BCUT2D eigenvalue weighted by Gasteiger charge is 2.19. The van der Waals surface area contributed by atoms with Crippen molar-refractivity contribution in [3.63, 3.8) is 0 Å². The van der Waals surface area contributed by atoms with Crippen molar-refractivity contribution in [2.75, 3.05) is 18.4 Å². The maximum atomic E-state index is 12.1. The minimum Gasteiger partial charge on any atom is -0.326 e. The summed E-state index contributed by atoms with van der Waals surface area (Å²) in [5.74, 6) is -0.188. The Labute approximate surface area is 125 Å². The Morgan fingerprint density at radius 3 is 2.43 bits per heavy atom. The summed E-state index contributed by atoms with van der Waals surface area (Å²) in [7, 11) is -3.48. The van der Waals surface area contributed by atoms with Gasteiger partial charge in [-0.05, 0) is 50.1 Å². The molecule has 1 aliphatic rings. The van der Waals surface area contributed by atoms with Crippen molar-refractivity contribution in [2.24, 2.45) is 0 Å². The standard InChI is InChI=1S/C14H21N3O3S/c1-11(18)17-13-5-7-14(8-6-13)21(19,20)16-10-2-9-15-12-3-4-12/h5-8,12,15-16H,2-4,9-10H2,1H3,(H,17,18). The van der Waals surface area contributed by atoms with Crippen molar-refractivity contribution in [1.29, 1.82) is 0 Å². The number of anilines is 1. The maximum Gasteiger partial charge on any atom is 0.240 e. The molecule has 1 aliphatic carbocycles. The smallest absolute Gasteiger partial charge is 0.240 e. The minimum absolute atomic E-state index is 0.188. The number of benzene rings is 1. The summed E-state index contributed by atoms with van der Waals surface area (Å²) in [6.45, 7) is 2.64. The lowest BCUT2D eigenvalue weighted by atomic mass is 10.3. The number of amides is 1. The number of carbonyl (C=O) groups excluding carboxylic acids is 1. The van der Waals surface area contributed by atoms with Gasteiger partial charge in [0.2, 0.25) is 15.9 Å². The molecular weight excluding hydrogens is 290 g/mol. The number of hydrogen-bond acceptors (Lipinski definition) is 4. The van der Waals surface area contributed by atoms with Gasteiger partial charge in [-0.1, -0.05) is 0 Å². The van der Waals surface area contributed by atoms with E-state index in [9.17, 15) is 13.2 Å². The number of hydrogen-bond donors (Lipinski definition) is 3. The topological polar surface area (TPSA) is 87.3 Å². The fraction of sp³-hybridized carbons (Fsp3) is 0.500. The van der Waals surface area contributed by atoms with E-state index in [0.29, 0.717) is 18.3 Å². The largest absolute Gasteiger partial charge is 0.326 e. The number of sulfonamides is 1. The van der Waals surface area contributed by atoms with E-state index in [1.165, 1.54) is 31.9 Å². The van der Waals surface area contributed by atoms with Gasteiger partial charge in [-0.3, -0.25) is 4.79 Å². The summed E-state index contributed by atoms with van der Waals surface area (Å²) in [6.07, 6.45) is 3.22. The lowest BCUT2D eigenvalue weighted by Crippen LogP contribution is -2.28. The van der Waals surface area contributed by atoms with Crippen LogP contribution in [0.15, 0.2) is 29.2 Å². The molecule has 1 aromatic carbocycles. The van der Waals surface area contributed by atoms with Crippen LogP contribution in [0.4, 0.5) is 5.69 Å². The van der Waals surface area contributed by atoms with E-state index >= 15 is 0 Å². The Morgan fingerprint density at radius 2 is 1.86 bits per heavy atom. The zero-order valence-electron chi connectivity index (χ0n) is 12.1. The van der Waals surface area contributed by atoms with Crippen LogP contribution in [0.1, 0.15) is 26.2 Å². The molecule has 2 rings (SSSR count). The Kier molecular flexibility index (Phi) is 5.33. The lowest BCUT2D eigenvalue weighted by Gasteiger charge is -2.08. The molecule has 1 saturated carbocycles. The molecule has 1 fully saturated rings. The summed E-state index contributed by atoms with van der Waals surface area (Å²) < 4.78 is 26.7. The van der Waals surface area contributed by atoms with Crippen molar-refractivity contribution < 1.29 is 13.2 Å². The molecule has 21 heavy (non-hydrogen) atoms. The third-order valence-corrected chi connectivity index (χ3v) is 4.62. The van der Waals surface area contributed by atoms with Gasteiger partial charge in [0.1, 0.15) is 0 Å². The highest BCUT2D eigenvalue weighted by molar-refractivity contribution is 7.89. The third-order valence-electron chi connectivity index (χ3n) is 3.14. The van der Waals surface area contributed by atoms with Crippen LogP contribution in [0, 0.1) is 0 Å².